The fourth-order valence-electron chi connectivity index (χ4n) is 1.87. The number of thiazole rings is 1. The molecule has 5 heteroatoms. The molecule has 2 rings (SSSR count). The third kappa shape index (κ3) is 3.53. The Balaban J connectivity index is 2.04. The van der Waals surface area contributed by atoms with E-state index in [0.29, 0.717) is 0 Å². The highest BCUT2D eigenvalue weighted by atomic mass is 35.5. The van der Waals surface area contributed by atoms with Gasteiger partial charge in [0.1, 0.15) is 0 Å². The van der Waals surface area contributed by atoms with Crippen LogP contribution in [0, 0.1) is 6.92 Å². The number of nitrogens with one attached hydrogen (secondary N) is 1. The number of aryl methyl sites for hydroxylation is 1. The minimum Gasteiger partial charge on any atom is -0.271 e. The highest BCUT2D eigenvalue weighted by Crippen LogP contribution is 2.18. The van der Waals surface area contributed by atoms with Crippen LogP contribution in [-0.2, 0) is 12.8 Å². The molecule has 0 amide bonds. The van der Waals surface area contributed by atoms with Crippen molar-refractivity contribution in [3.8, 4) is 0 Å². The van der Waals surface area contributed by atoms with Crippen LogP contribution in [0.4, 0.5) is 0 Å². The topological polar surface area (TPSA) is 50.9 Å². The highest BCUT2D eigenvalue weighted by molar-refractivity contribution is 7.09. The van der Waals surface area contributed by atoms with Crippen molar-refractivity contribution in [1.29, 1.82) is 0 Å². The molecule has 0 radical (unpaired) electrons. The summed E-state index contributed by atoms with van der Waals surface area (Å²) >= 11 is 7.81. The first-order chi connectivity index (χ1) is 8.69. The van der Waals surface area contributed by atoms with E-state index < -0.39 is 0 Å². The van der Waals surface area contributed by atoms with E-state index in [1.165, 1.54) is 0 Å². The number of aromatic nitrogens is 1. The summed E-state index contributed by atoms with van der Waals surface area (Å²) in [6.45, 7) is 2.01. The SMILES string of the molecule is Cc1nc(CC(Cc2ccccc2Cl)NN)cs1. The smallest absolute Gasteiger partial charge is 0.0897 e. The molecule has 2 aromatic rings. The van der Waals surface area contributed by atoms with E-state index in [0.717, 1.165) is 34.1 Å². The molecule has 0 aliphatic rings. The molecule has 0 bridgehead atoms. The quantitative estimate of drug-likeness (QED) is 0.654. The summed E-state index contributed by atoms with van der Waals surface area (Å²) in [5.41, 5.74) is 5.02. The Kier molecular flexibility index (Phi) is 4.72. The van der Waals surface area contributed by atoms with E-state index >= 15 is 0 Å². The predicted octanol–water partition coefficient (Wildman–Crippen LogP) is 2.72. The van der Waals surface area contributed by atoms with Crippen LogP contribution in [0.2, 0.25) is 5.02 Å². The highest BCUT2D eigenvalue weighted by Gasteiger charge is 2.12. The summed E-state index contributed by atoms with van der Waals surface area (Å²) in [5.74, 6) is 5.61. The van der Waals surface area contributed by atoms with Crippen LogP contribution in [0.15, 0.2) is 29.6 Å². The fourth-order valence-corrected chi connectivity index (χ4v) is 2.71. The van der Waals surface area contributed by atoms with Gasteiger partial charge >= 0.3 is 0 Å². The van der Waals surface area contributed by atoms with E-state index in [1.54, 1.807) is 11.3 Å². The van der Waals surface area contributed by atoms with Crippen molar-refractivity contribution >= 4 is 22.9 Å². The predicted molar refractivity (Wildman–Crippen MR) is 76.8 cm³/mol. The van der Waals surface area contributed by atoms with Crippen LogP contribution in [0.1, 0.15) is 16.3 Å². The maximum atomic E-state index is 6.15. The lowest BCUT2D eigenvalue weighted by atomic mass is 10.0. The zero-order valence-electron chi connectivity index (χ0n) is 10.2. The van der Waals surface area contributed by atoms with Crippen molar-refractivity contribution in [3.63, 3.8) is 0 Å². The standard InChI is InChI=1S/C13H16ClN3S/c1-9-16-12(8-18-9)7-11(17-15)6-10-4-2-3-5-13(10)14/h2-5,8,11,17H,6-7,15H2,1H3. The van der Waals surface area contributed by atoms with Gasteiger partial charge in [-0.3, -0.25) is 11.3 Å². The first-order valence-electron chi connectivity index (χ1n) is 5.79. The van der Waals surface area contributed by atoms with Crippen LogP contribution in [0.5, 0.6) is 0 Å². The van der Waals surface area contributed by atoms with Crippen molar-refractivity contribution in [3.05, 3.63) is 50.9 Å². The number of nitrogens with two attached hydrogens (primary N) is 1. The van der Waals surface area contributed by atoms with E-state index in [9.17, 15) is 0 Å². The fraction of sp³-hybridized carbons (Fsp3) is 0.308. The van der Waals surface area contributed by atoms with Crippen LogP contribution in [0.25, 0.3) is 0 Å². The number of benzene rings is 1. The molecular formula is C13H16ClN3S. The van der Waals surface area contributed by atoms with Gasteiger partial charge in [0.15, 0.2) is 0 Å². The molecule has 0 saturated heterocycles. The zero-order valence-corrected chi connectivity index (χ0v) is 11.8. The molecule has 0 aliphatic heterocycles. The Labute approximate surface area is 116 Å². The Morgan fingerprint density at radius 1 is 1.39 bits per heavy atom. The van der Waals surface area contributed by atoms with Gasteiger partial charge < -0.3 is 0 Å². The van der Waals surface area contributed by atoms with Crippen molar-refractivity contribution in [1.82, 2.24) is 10.4 Å². The summed E-state index contributed by atoms with van der Waals surface area (Å²) in [7, 11) is 0. The first-order valence-corrected chi connectivity index (χ1v) is 7.05. The summed E-state index contributed by atoms with van der Waals surface area (Å²) in [5, 5.41) is 3.94. The molecule has 1 atom stereocenters. The van der Waals surface area contributed by atoms with Gasteiger partial charge in [0, 0.05) is 22.9 Å². The van der Waals surface area contributed by atoms with Gasteiger partial charge in [0.05, 0.1) is 10.7 Å². The molecule has 0 saturated carbocycles. The summed E-state index contributed by atoms with van der Waals surface area (Å²) < 4.78 is 0. The normalized spacial score (nSPS) is 12.6. The molecule has 96 valence electrons. The Hall–Kier alpha value is -0.940. The molecular weight excluding hydrogens is 266 g/mol. The average Bonchev–Trinajstić information content (AvgIpc) is 2.76. The van der Waals surface area contributed by atoms with Gasteiger partial charge in [0.25, 0.3) is 0 Å². The number of halogens is 1. The molecule has 0 aliphatic carbocycles. The number of hydrogen-bond acceptors (Lipinski definition) is 4. The van der Waals surface area contributed by atoms with E-state index in [-0.39, 0.29) is 6.04 Å². The molecule has 1 unspecified atom stereocenters. The summed E-state index contributed by atoms with van der Waals surface area (Å²) in [4.78, 5) is 4.45. The zero-order chi connectivity index (χ0) is 13.0. The van der Waals surface area contributed by atoms with Crippen molar-refractivity contribution in [2.24, 2.45) is 5.84 Å². The maximum absolute atomic E-state index is 6.15. The van der Waals surface area contributed by atoms with Gasteiger partial charge in [-0.05, 0) is 25.0 Å². The van der Waals surface area contributed by atoms with E-state index in [4.69, 9.17) is 17.4 Å². The average molecular weight is 282 g/mol. The Morgan fingerprint density at radius 2 is 2.17 bits per heavy atom. The van der Waals surface area contributed by atoms with Gasteiger partial charge in [-0.1, -0.05) is 29.8 Å². The van der Waals surface area contributed by atoms with Gasteiger partial charge in [0.2, 0.25) is 0 Å². The molecule has 1 aromatic heterocycles. The molecule has 0 fully saturated rings. The third-order valence-electron chi connectivity index (χ3n) is 2.78. The van der Waals surface area contributed by atoms with Crippen LogP contribution in [-0.4, -0.2) is 11.0 Å². The third-order valence-corrected chi connectivity index (χ3v) is 3.97. The molecule has 18 heavy (non-hydrogen) atoms. The van der Waals surface area contributed by atoms with Crippen LogP contribution in [0.3, 0.4) is 0 Å². The minimum atomic E-state index is 0.145. The molecule has 1 aromatic carbocycles. The van der Waals surface area contributed by atoms with Gasteiger partial charge in [-0.2, -0.15) is 0 Å². The van der Waals surface area contributed by atoms with Crippen molar-refractivity contribution < 1.29 is 0 Å². The van der Waals surface area contributed by atoms with E-state index in [1.807, 2.05) is 31.2 Å². The second kappa shape index (κ2) is 6.29. The van der Waals surface area contributed by atoms with Crippen LogP contribution >= 0.6 is 22.9 Å². The lowest BCUT2D eigenvalue weighted by Gasteiger charge is -2.15. The molecule has 3 N–H and O–H groups in total. The lowest BCUT2D eigenvalue weighted by Crippen LogP contribution is -2.38. The largest absolute Gasteiger partial charge is 0.271 e. The Bertz CT molecular complexity index is 512. The monoisotopic (exact) mass is 281 g/mol. The van der Waals surface area contributed by atoms with Crippen LogP contribution < -0.4 is 11.3 Å². The maximum Gasteiger partial charge on any atom is 0.0897 e. The second-order valence-corrected chi connectivity index (χ2v) is 5.69. The molecule has 0 spiro atoms. The number of nitrogens with zero attached hydrogens (tertiary/aromatic N) is 1. The molecule has 1 heterocycles. The molecule has 3 nitrogen and oxygen atoms in total. The summed E-state index contributed by atoms with van der Waals surface area (Å²) in [6.07, 6.45) is 1.61. The summed E-state index contributed by atoms with van der Waals surface area (Å²) in [6, 6.07) is 7.99. The van der Waals surface area contributed by atoms with Crippen molar-refractivity contribution in [2.45, 2.75) is 25.8 Å². The van der Waals surface area contributed by atoms with Gasteiger partial charge in [-0.25, -0.2) is 4.98 Å². The van der Waals surface area contributed by atoms with Crippen molar-refractivity contribution in [2.75, 3.05) is 0 Å². The number of hydrogen-bond donors (Lipinski definition) is 2. The minimum absolute atomic E-state index is 0.145. The Morgan fingerprint density at radius 3 is 2.78 bits per heavy atom. The lowest BCUT2D eigenvalue weighted by molar-refractivity contribution is 0.518. The second-order valence-electron chi connectivity index (χ2n) is 4.22. The van der Waals surface area contributed by atoms with E-state index in [2.05, 4.69) is 15.8 Å². The first kappa shape index (κ1) is 13.5. The van der Waals surface area contributed by atoms with Gasteiger partial charge in [-0.15, -0.1) is 11.3 Å². The number of hydrazine groups is 1. The number of rotatable bonds is 5.